The largest absolute Gasteiger partial charge is 0.383 e. The average molecular weight is 495 g/mol. The van der Waals surface area contributed by atoms with Gasteiger partial charge in [0, 0.05) is 30.3 Å². The van der Waals surface area contributed by atoms with E-state index in [4.69, 9.17) is 20.6 Å². The molecule has 0 spiro atoms. The van der Waals surface area contributed by atoms with E-state index in [0.717, 1.165) is 96.7 Å². The van der Waals surface area contributed by atoms with Crippen LogP contribution in [-0.2, 0) is 4.74 Å². The minimum absolute atomic E-state index is 0.295. The summed E-state index contributed by atoms with van der Waals surface area (Å²) < 4.78 is 7.65. The molecular formula is C28H30N8O. The number of nitrogens with two attached hydrogens (primary N) is 1. The molecule has 2 aromatic carbocycles. The third-order valence-corrected chi connectivity index (χ3v) is 7.89. The van der Waals surface area contributed by atoms with Crippen molar-refractivity contribution < 1.29 is 4.74 Å². The summed E-state index contributed by atoms with van der Waals surface area (Å²) in [6.07, 6.45) is 6.00. The molecule has 2 aliphatic rings. The lowest BCUT2D eigenvalue weighted by molar-refractivity contribution is 0.00520. The fourth-order valence-electron chi connectivity index (χ4n) is 5.95. The molecule has 1 saturated carbocycles. The number of benzene rings is 2. The van der Waals surface area contributed by atoms with E-state index in [-0.39, 0.29) is 0 Å². The predicted octanol–water partition coefficient (Wildman–Crippen LogP) is 4.43. The van der Waals surface area contributed by atoms with Crippen molar-refractivity contribution in [3.63, 3.8) is 0 Å². The summed E-state index contributed by atoms with van der Waals surface area (Å²) in [5.41, 5.74) is 11.9. The maximum Gasteiger partial charge on any atom is 0.164 e. The zero-order chi connectivity index (χ0) is 24.8. The Labute approximate surface area is 214 Å². The smallest absolute Gasteiger partial charge is 0.164 e. The van der Waals surface area contributed by atoms with Gasteiger partial charge in [-0.1, -0.05) is 36.4 Å². The van der Waals surface area contributed by atoms with Gasteiger partial charge in [-0.2, -0.15) is 5.10 Å². The van der Waals surface area contributed by atoms with E-state index in [1.807, 2.05) is 24.3 Å². The van der Waals surface area contributed by atoms with Gasteiger partial charge >= 0.3 is 0 Å². The SMILES string of the molecule is Nc1ncnc2c1c(-c1ccc3nc(-c4ccccc4)[nH]c3c1)nn2C1CCC(N2CCOCC2)CC1. The van der Waals surface area contributed by atoms with Gasteiger partial charge in [0.05, 0.1) is 35.7 Å². The van der Waals surface area contributed by atoms with E-state index in [1.165, 1.54) is 0 Å². The van der Waals surface area contributed by atoms with Crippen molar-refractivity contribution in [3.8, 4) is 22.6 Å². The van der Waals surface area contributed by atoms with Crippen LogP contribution in [0.5, 0.6) is 0 Å². The fourth-order valence-corrected chi connectivity index (χ4v) is 5.95. The van der Waals surface area contributed by atoms with E-state index < -0.39 is 0 Å². The Morgan fingerprint density at radius 3 is 2.49 bits per heavy atom. The van der Waals surface area contributed by atoms with Crippen molar-refractivity contribution in [2.75, 3.05) is 32.0 Å². The second kappa shape index (κ2) is 9.24. The number of hydrogen-bond acceptors (Lipinski definition) is 7. The highest BCUT2D eigenvalue weighted by Gasteiger charge is 2.30. The maximum atomic E-state index is 6.41. The second-order valence-electron chi connectivity index (χ2n) is 10.0. The minimum Gasteiger partial charge on any atom is -0.383 e. The molecule has 37 heavy (non-hydrogen) atoms. The third-order valence-electron chi connectivity index (χ3n) is 7.89. The first-order valence-electron chi connectivity index (χ1n) is 13.1. The van der Waals surface area contributed by atoms with Gasteiger partial charge in [-0.3, -0.25) is 4.90 Å². The van der Waals surface area contributed by atoms with Crippen molar-refractivity contribution in [2.24, 2.45) is 0 Å². The molecule has 2 fully saturated rings. The third kappa shape index (κ3) is 4.04. The summed E-state index contributed by atoms with van der Waals surface area (Å²) in [5.74, 6) is 1.31. The maximum absolute atomic E-state index is 6.41. The molecule has 0 radical (unpaired) electrons. The number of nitrogens with zero attached hydrogens (tertiary/aromatic N) is 6. The van der Waals surface area contributed by atoms with Gasteiger partial charge in [0.1, 0.15) is 23.7 Å². The Morgan fingerprint density at radius 2 is 1.68 bits per heavy atom. The number of ether oxygens (including phenoxy) is 1. The number of H-pyrrole nitrogens is 1. The average Bonchev–Trinajstić information content (AvgIpc) is 3.57. The van der Waals surface area contributed by atoms with Crippen molar-refractivity contribution in [1.82, 2.24) is 34.6 Å². The molecule has 188 valence electrons. The molecule has 7 rings (SSSR count). The Morgan fingerprint density at radius 1 is 0.892 bits per heavy atom. The summed E-state index contributed by atoms with van der Waals surface area (Å²) in [6.45, 7) is 3.76. The van der Waals surface area contributed by atoms with Crippen LogP contribution in [0.4, 0.5) is 5.82 Å². The summed E-state index contributed by atoms with van der Waals surface area (Å²) >= 11 is 0. The predicted molar refractivity (Wildman–Crippen MR) is 144 cm³/mol. The van der Waals surface area contributed by atoms with Gasteiger partial charge in [-0.15, -0.1) is 0 Å². The summed E-state index contributed by atoms with van der Waals surface area (Å²) in [6, 6.07) is 17.3. The van der Waals surface area contributed by atoms with Gasteiger partial charge in [0.2, 0.25) is 0 Å². The fraction of sp³-hybridized carbons (Fsp3) is 0.357. The van der Waals surface area contributed by atoms with Crippen LogP contribution < -0.4 is 5.73 Å². The standard InChI is InChI=1S/C28H30N8O/c29-26-24-25(19-6-11-22-23(16-19)33-27(32-22)18-4-2-1-3-5-18)34-36(28(24)31-17-30-26)21-9-7-20(8-10-21)35-12-14-37-15-13-35/h1-6,11,16-17,20-21H,7-10,12-15H2,(H,32,33)(H2,29,30,31). The highest BCUT2D eigenvalue weighted by molar-refractivity contribution is 5.99. The molecule has 1 aliphatic heterocycles. The molecule has 1 aliphatic carbocycles. The monoisotopic (exact) mass is 494 g/mol. The number of fused-ring (bicyclic) bond motifs is 2. The molecular weight excluding hydrogens is 464 g/mol. The van der Waals surface area contributed by atoms with Crippen LogP contribution in [-0.4, -0.2) is 67.0 Å². The molecule has 9 heteroatoms. The molecule has 9 nitrogen and oxygen atoms in total. The molecule has 3 aromatic heterocycles. The molecule has 0 amide bonds. The van der Waals surface area contributed by atoms with Crippen LogP contribution in [0.1, 0.15) is 31.7 Å². The molecule has 4 heterocycles. The molecule has 0 atom stereocenters. The summed E-state index contributed by atoms with van der Waals surface area (Å²) in [7, 11) is 0. The number of nitrogen functional groups attached to an aromatic ring is 1. The lowest BCUT2D eigenvalue weighted by Crippen LogP contribution is -2.45. The van der Waals surface area contributed by atoms with Crippen molar-refractivity contribution in [3.05, 3.63) is 54.9 Å². The second-order valence-corrected chi connectivity index (χ2v) is 10.0. The number of rotatable bonds is 4. The minimum atomic E-state index is 0.295. The van der Waals surface area contributed by atoms with Crippen LogP contribution in [0.25, 0.3) is 44.7 Å². The normalized spacial score (nSPS) is 21.1. The van der Waals surface area contributed by atoms with Crippen LogP contribution in [0.15, 0.2) is 54.9 Å². The number of aromatic amines is 1. The van der Waals surface area contributed by atoms with Crippen LogP contribution in [0.2, 0.25) is 0 Å². The molecule has 5 aromatic rings. The first-order chi connectivity index (χ1) is 18.2. The molecule has 3 N–H and O–H groups in total. The van der Waals surface area contributed by atoms with Gasteiger partial charge in [0.25, 0.3) is 0 Å². The molecule has 1 saturated heterocycles. The van der Waals surface area contributed by atoms with Crippen molar-refractivity contribution in [1.29, 1.82) is 0 Å². The van der Waals surface area contributed by atoms with E-state index in [2.05, 4.69) is 48.8 Å². The number of imidazole rings is 1. The first kappa shape index (κ1) is 22.4. The van der Waals surface area contributed by atoms with Gasteiger partial charge < -0.3 is 15.5 Å². The summed E-state index contributed by atoms with van der Waals surface area (Å²) in [5, 5.41) is 5.94. The lowest BCUT2D eigenvalue weighted by atomic mass is 9.90. The van der Waals surface area contributed by atoms with Crippen LogP contribution in [0.3, 0.4) is 0 Å². The highest BCUT2D eigenvalue weighted by atomic mass is 16.5. The lowest BCUT2D eigenvalue weighted by Gasteiger charge is -2.38. The zero-order valence-corrected chi connectivity index (χ0v) is 20.7. The van der Waals surface area contributed by atoms with Gasteiger partial charge in [-0.25, -0.2) is 19.6 Å². The Balaban J connectivity index is 1.23. The Kier molecular flexibility index (Phi) is 5.59. The van der Waals surface area contributed by atoms with Crippen molar-refractivity contribution >= 4 is 27.9 Å². The number of anilines is 1. The Hall–Kier alpha value is -3.82. The number of morpholine rings is 1. The van der Waals surface area contributed by atoms with E-state index in [9.17, 15) is 0 Å². The van der Waals surface area contributed by atoms with E-state index >= 15 is 0 Å². The summed E-state index contributed by atoms with van der Waals surface area (Å²) in [4.78, 5) is 19.8. The zero-order valence-electron chi connectivity index (χ0n) is 20.7. The first-order valence-corrected chi connectivity index (χ1v) is 13.1. The molecule has 0 bridgehead atoms. The quantitative estimate of drug-likeness (QED) is 0.380. The van der Waals surface area contributed by atoms with Crippen LogP contribution in [0, 0.1) is 0 Å². The van der Waals surface area contributed by atoms with Gasteiger partial charge in [0.15, 0.2) is 5.65 Å². The van der Waals surface area contributed by atoms with Gasteiger partial charge in [-0.05, 0) is 37.8 Å². The highest BCUT2D eigenvalue weighted by Crippen LogP contribution is 2.37. The number of hydrogen-bond donors (Lipinski definition) is 2. The number of nitrogens with one attached hydrogen (secondary N) is 1. The van der Waals surface area contributed by atoms with E-state index in [0.29, 0.717) is 17.9 Å². The topological polar surface area (TPSA) is 111 Å². The van der Waals surface area contributed by atoms with Crippen LogP contribution >= 0.6 is 0 Å². The molecule has 0 unspecified atom stereocenters. The number of aromatic nitrogens is 6. The van der Waals surface area contributed by atoms with Crippen molar-refractivity contribution in [2.45, 2.75) is 37.8 Å². The van der Waals surface area contributed by atoms with E-state index in [1.54, 1.807) is 6.33 Å². The Bertz CT molecular complexity index is 1550.